The van der Waals surface area contributed by atoms with Crippen LogP contribution in [-0.2, 0) is 4.74 Å². The van der Waals surface area contributed by atoms with Crippen LogP contribution < -0.4 is 0 Å². The predicted molar refractivity (Wildman–Crippen MR) is 53.0 cm³/mol. The van der Waals surface area contributed by atoms with Crippen LogP contribution in [0.5, 0.6) is 0 Å². The average Bonchev–Trinajstić information content (AvgIpc) is 2.24. The van der Waals surface area contributed by atoms with Gasteiger partial charge in [0.05, 0.1) is 6.61 Å². The summed E-state index contributed by atoms with van der Waals surface area (Å²) < 4.78 is 17.6. The molecule has 1 aromatic heterocycles. The lowest BCUT2D eigenvalue weighted by atomic mass is 10.2. The van der Waals surface area contributed by atoms with Crippen molar-refractivity contribution in [2.24, 2.45) is 0 Å². The van der Waals surface area contributed by atoms with Crippen LogP contribution in [0.3, 0.4) is 0 Å². The summed E-state index contributed by atoms with van der Waals surface area (Å²) in [5, 5.41) is 0. The lowest BCUT2D eigenvalue weighted by molar-refractivity contribution is 0.0743. The van der Waals surface area contributed by atoms with Crippen LogP contribution in [0.2, 0.25) is 0 Å². The molecule has 82 valence electrons. The first-order chi connectivity index (χ1) is 7.15. The van der Waals surface area contributed by atoms with Gasteiger partial charge in [-0.3, -0.25) is 4.79 Å². The van der Waals surface area contributed by atoms with E-state index in [2.05, 4.69) is 4.98 Å². The molecule has 1 rings (SSSR count). The maximum Gasteiger partial charge on any atom is 0.253 e. The number of halogens is 1. The second-order valence-electron chi connectivity index (χ2n) is 3.09. The van der Waals surface area contributed by atoms with Gasteiger partial charge in [0.2, 0.25) is 5.95 Å². The second kappa shape index (κ2) is 5.41. The van der Waals surface area contributed by atoms with Crippen molar-refractivity contribution in [1.29, 1.82) is 0 Å². The molecule has 0 aliphatic rings. The fourth-order valence-electron chi connectivity index (χ4n) is 1.09. The van der Waals surface area contributed by atoms with Gasteiger partial charge in [-0.05, 0) is 6.07 Å². The fraction of sp³-hybridized carbons (Fsp3) is 0.400. The number of hydrogen-bond acceptors (Lipinski definition) is 3. The van der Waals surface area contributed by atoms with Crippen LogP contribution in [0.25, 0.3) is 0 Å². The zero-order chi connectivity index (χ0) is 11.3. The molecule has 0 radical (unpaired) electrons. The van der Waals surface area contributed by atoms with E-state index < -0.39 is 5.95 Å². The van der Waals surface area contributed by atoms with Gasteiger partial charge in [0, 0.05) is 38.5 Å². The Labute approximate surface area is 87.7 Å². The number of pyridine rings is 1. The number of ether oxygens (including phenoxy) is 1. The Balaban J connectivity index is 2.67. The molecule has 0 spiro atoms. The molecule has 1 heterocycles. The lowest BCUT2D eigenvalue weighted by Gasteiger charge is -2.16. The Kier molecular flexibility index (Phi) is 4.17. The topological polar surface area (TPSA) is 42.4 Å². The second-order valence-corrected chi connectivity index (χ2v) is 3.09. The SMILES string of the molecule is COCCN(C)C(=O)c1ccnc(F)c1. The molecular weight excluding hydrogens is 199 g/mol. The number of amides is 1. The molecule has 0 N–H and O–H groups in total. The molecule has 1 amide bonds. The summed E-state index contributed by atoms with van der Waals surface area (Å²) in [6.07, 6.45) is 1.27. The van der Waals surface area contributed by atoms with E-state index in [4.69, 9.17) is 4.74 Å². The number of hydrogen-bond donors (Lipinski definition) is 0. The largest absolute Gasteiger partial charge is 0.383 e. The Bertz CT molecular complexity index is 344. The molecule has 0 saturated carbocycles. The minimum Gasteiger partial charge on any atom is -0.383 e. The van der Waals surface area contributed by atoms with Crippen molar-refractivity contribution in [1.82, 2.24) is 9.88 Å². The molecule has 0 aliphatic carbocycles. The zero-order valence-electron chi connectivity index (χ0n) is 8.74. The standard InChI is InChI=1S/C10H13FN2O2/c1-13(5-6-15-2)10(14)8-3-4-12-9(11)7-8/h3-4,7H,5-6H2,1-2H3. The van der Waals surface area contributed by atoms with Crippen LogP contribution in [0.4, 0.5) is 4.39 Å². The summed E-state index contributed by atoms with van der Waals surface area (Å²) in [6, 6.07) is 2.60. The van der Waals surface area contributed by atoms with E-state index in [0.717, 1.165) is 6.07 Å². The highest BCUT2D eigenvalue weighted by molar-refractivity contribution is 5.93. The van der Waals surface area contributed by atoms with E-state index in [9.17, 15) is 9.18 Å². The molecule has 0 aliphatic heterocycles. The number of rotatable bonds is 4. The van der Waals surface area contributed by atoms with E-state index in [0.29, 0.717) is 18.7 Å². The summed E-state index contributed by atoms with van der Waals surface area (Å²) in [7, 11) is 3.20. The van der Waals surface area contributed by atoms with Crippen LogP contribution in [-0.4, -0.2) is 43.1 Å². The Morgan fingerprint density at radius 2 is 2.40 bits per heavy atom. The van der Waals surface area contributed by atoms with Crippen molar-refractivity contribution < 1.29 is 13.9 Å². The minimum atomic E-state index is -0.652. The van der Waals surface area contributed by atoms with Gasteiger partial charge in [0.15, 0.2) is 0 Å². The van der Waals surface area contributed by atoms with Crippen molar-refractivity contribution in [3.05, 3.63) is 29.8 Å². The maximum absolute atomic E-state index is 12.7. The first-order valence-corrected chi connectivity index (χ1v) is 4.51. The minimum absolute atomic E-state index is 0.242. The number of aromatic nitrogens is 1. The zero-order valence-corrected chi connectivity index (χ0v) is 8.74. The van der Waals surface area contributed by atoms with E-state index in [1.54, 1.807) is 14.2 Å². The summed E-state index contributed by atoms with van der Waals surface area (Å²) >= 11 is 0. The highest BCUT2D eigenvalue weighted by Crippen LogP contribution is 2.03. The summed E-state index contributed by atoms with van der Waals surface area (Å²) in [5.74, 6) is -0.894. The fourth-order valence-corrected chi connectivity index (χ4v) is 1.09. The van der Waals surface area contributed by atoms with Crippen LogP contribution in [0.15, 0.2) is 18.3 Å². The van der Waals surface area contributed by atoms with Gasteiger partial charge in [-0.25, -0.2) is 4.98 Å². The molecule has 1 aromatic rings. The summed E-state index contributed by atoms with van der Waals surface area (Å²) in [4.78, 5) is 16.5. The molecule has 0 unspecified atom stereocenters. The Hall–Kier alpha value is -1.49. The van der Waals surface area contributed by atoms with Gasteiger partial charge in [-0.15, -0.1) is 0 Å². The summed E-state index contributed by atoms with van der Waals surface area (Å²) in [6.45, 7) is 0.926. The smallest absolute Gasteiger partial charge is 0.253 e. The van der Waals surface area contributed by atoms with E-state index in [1.807, 2.05) is 0 Å². The quantitative estimate of drug-likeness (QED) is 0.697. The van der Waals surface area contributed by atoms with Gasteiger partial charge < -0.3 is 9.64 Å². The maximum atomic E-state index is 12.7. The van der Waals surface area contributed by atoms with Crippen LogP contribution >= 0.6 is 0 Å². The first kappa shape index (κ1) is 11.6. The van der Waals surface area contributed by atoms with Crippen LogP contribution in [0.1, 0.15) is 10.4 Å². The number of methoxy groups -OCH3 is 1. The van der Waals surface area contributed by atoms with Gasteiger partial charge in [-0.2, -0.15) is 4.39 Å². The normalized spacial score (nSPS) is 10.1. The third kappa shape index (κ3) is 3.28. The van der Waals surface area contributed by atoms with E-state index in [1.165, 1.54) is 17.2 Å². The molecule has 0 fully saturated rings. The van der Waals surface area contributed by atoms with Gasteiger partial charge in [-0.1, -0.05) is 0 Å². The molecule has 0 atom stereocenters. The van der Waals surface area contributed by atoms with Crippen molar-refractivity contribution >= 4 is 5.91 Å². The molecule has 15 heavy (non-hydrogen) atoms. The molecule has 5 heteroatoms. The summed E-state index contributed by atoms with van der Waals surface area (Å²) in [5.41, 5.74) is 0.293. The van der Waals surface area contributed by atoms with Crippen molar-refractivity contribution in [3.8, 4) is 0 Å². The van der Waals surface area contributed by atoms with Gasteiger partial charge >= 0.3 is 0 Å². The third-order valence-corrected chi connectivity index (χ3v) is 1.95. The average molecular weight is 212 g/mol. The Morgan fingerprint density at radius 1 is 1.67 bits per heavy atom. The third-order valence-electron chi connectivity index (χ3n) is 1.95. The molecular formula is C10H13FN2O2. The number of likely N-dealkylation sites (N-methyl/N-ethyl adjacent to an activating group) is 1. The van der Waals surface area contributed by atoms with Crippen molar-refractivity contribution in [2.45, 2.75) is 0 Å². The highest BCUT2D eigenvalue weighted by atomic mass is 19.1. The number of nitrogens with zero attached hydrogens (tertiary/aromatic N) is 2. The van der Waals surface area contributed by atoms with Crippen molar-refractivity contribution in [2.75, 3.05) is 27.3 Å². The van der Waals surface area contributed by atoms with E-state index >= 15 is 0 Å². The monoisotopic (exact) mass is 212 g/mol. The molecule has 4 nitrogen and oxygen atoms in total. The molecule has 0 saturated heterocycles. The number of carbonyl (C=O) groups is 1. The molecule has 0 bridgehead atoms. The first-order valence-electron chi connectivity index (χ1n) is 4.51. The Morgan fingerprint density at radius 3 is 3.00 bits per heavy atom. The van der Waals surface area contributed by atoms with E-state index in [-0.39, 0.29) is 5.91 Å². The van der Waals surface area contributed by atoms with Crippen LogP contribution in [0, 0.1) is 5.95 Å². The van der Waals surface area contributed by atoms with Gasteiger partial charge in [0.25, 0.3) is 5.91 Å². The predicted octanol–water partition coefficient (Wildman–Crippen LogP) is 0.939. The van der Waals surface area contributed by atoms with Crippen molar-refractivity contribution in [3.63, 3.8) is 0 Å². The lowest BCUT2D eigenvalue weighted by Crippen LogP contribution is -2.30. The molecule has 0 aromatic carbocycles. The highest BCUT2D eigenvalue weighted by Gasteiger charge is 2.11. The number of carbonyl (C=O) groups excluding carboxylic acids is 1. The van der Waals surface area contributed by atoms with Gasteiger partial charge in [0.1, 0.15) is 0 Å².